The van der Waals surface area contributed by atoms with E-state index < -0.39 is 5.66 Å². The first kappa shape index (κ1) is 20.0. The van der Waals surface area contributed by atoms with Gasteiger partial charge >= 0.3 is 0 Å². The van der Waals surface area contributed by atoms with Gasteiger partial charge in [0.05, 0.1) is 11.8 Å². The van der Waals surface area contributed by atoms with E-state index in [0.29, 0.717) is 5.84 Å². The number of benzene rings is 1. The van der Waals surface area contributed by atoms with Crippen LogP contribution in [-0.2, 0) is 5.66 Å². The molecule has 2 unspecified atom stereocenters. The van der Waals surface area contributed by atoms with Crippen molar-refractivity contribution in [2.24, 2.45) is 21.1 Å². The summed E-state index contributed by atoms with van der Waals surface area (Å²) in [5.74, 6) is 6.84. The topological polar surface area (TPSA) is 83.9 Å². The van der Waals surface area contributed by atoms with Crippen LogP contribution in [0.15, 0.2) is 46.6 Å². The molecule has 1 fully saturated rings. The minimum atomic E-state index is -0.708. The predicted molar refractivity (Wildman–Crippen MR) is 124 cm³/mol. The van der Waals surface area contributed by atoms with Crippen molar-refractivity contribution in [3.05, 3.63) is 53.3 Å². The van der Waals surface area contributed by atoms with Crippen molar-refractivity contribution < 1.29 is 5.11 Å². The maximum atomic E-state index is 10.2. The molecule has 3 N–H and O–H groups in total. The number of hydrogen-bond donors (Lipinski definition) is 2. The summed E-state index contributed by atoms with van der Waals surface area (Å²) < 4.78 is 0. The van der Waals surface area contributed by atoms with Crippen LogP contribution in [0.1, 0.15) is 69.1 Å². The van der Waals surface area contributed by atoms with Crippen molar-refractivity contribution in [1.29, 1.82) is 0 Å². The molecular weight excluding hydrogens is 384 g/mol. The van der Waals surface area contributed by atoms with E-state index in [2.05, 4.69) is 48.0 Å². The number of amidine groups is 1. The lowest BCUT2D eigenvalue weighted by Gasteiger charge is -2.46. The predicted octanol–water partition coefficient (Wildman–Crippen LogP) is 4.14. The lowest BCUT2D eigenvalue weighted by Crippen LogP contribution is -2.44. The van der Waals surface area contributed by atoms with E-state index in [1.54, 1.807) is 6.20 Å². The summed E-state index contributed by atoms with van der Waals surface area (Å²) in [6.45, 7) is 6.07. The summed E-state index contributed by atoms with van der Waals surface area (Å²) in [6.07, 6.45) is 6.75. The van der Waals surface area contributed by atoms with Gasteiger partial charge < -0.3 is 10.8 Å². The minimum Gasteiger partial charge on any atom is -0.393 e. The maximum Gasteiger partial charge on any atom is 0.184 e. The van der Waals surface area contributed by atoms with Crippen LogP contribution in [0.5, 0.6) is 0 Å². The van der Waals surface area contributed by atoms with Crippen LogP contribution in [0.4, 0.5) is 0 Å². The molecule has 0 amide bonds. The molecule has 2 spiro atoms. The number of rotatable bonds is 1. The Labute approximate surface area is 183 Å². The molecule has 0 saturated heterocycles. The average molecular weight is 413 g/mol. The number of aromatic nitrogens is 1. The lowest BCUT2D eigenvalue weighted by molar-refractivity contribution is 0.00877. The van der Waals surface area contributed by atoms with E-state index in [4.69, 9.17) is 15.7 Å². The molecule has 5 rings (SSSR count). The Morgan fingerprint density at radius 1 is 1.10 bits per heavy atom. The molecule has 0 bridgehead atoms. The Morgan fingerprint density at radius 3 is 2.55 bits per heavy atom. The summed E-state index contributed by atoms with van der Waals surface area (Å²) in [6, 6.07) is 8.69. The Hall–Kier alpha value is -2.97. The SMILES string of the molecule is CC#Cc1cncc(-c2ccc3c(c2)C2(N=C(C)C(N)=N2)C2(CCC(O)CC2)C3C)c1. The standard InChI is InChI=1S/C26H28N4O/c1-4-5-18-12-20(15-28-14-18)19-6-7-22-16(2)25(10-8-21(31)9-11-25)26(23(22)13-19)29-17(3)24(27)30-26/h6-7,12-16,21,31H,8-11H2,1-3H3,(H2,27,30). The molecule has 1 aromatic heterocycles. The first-order chi connectivity index (χ1) is 14.9. The molecule has 5 nitrogen and oxygen atoms in total. The molecule has 1 saturated carbocycles. The van der Waals surface area contributed by atoms with Crippen molar-refractivity contribution in [1.82, 2.24) is 4.98 Å². The van der Waals surface area contributed by atoms with Crippen molar-refractivity contribution >= 4 is 11.5 Å². The highest BCUT2D eigenvalue weighted by molar-refractivity contribution is 6.41. The van der Waals surface area contributed by atoms with Crippen molar-refractivity contribution in [3.8, 4) is 23.0 Å². The number of aliphatic imine (C=N–C) groups is 2. The number of nitrogens with zero attached hydrogens (tertiary/aromatic N) is 3. The molecule has 2 atom stereocenters. The van der Waals surface area contributed by atoms with Crippen LogP contribution in [0, 0.1) is 17.3 Å². The van der Waals surface area contributed by atoms with Crippen molar-refractivity contribution in [2.45, 2.75) is 64.1 Å². The second-order valence-corrected chi connectivity index (χ2v) is 9.11. The van der Waals surface area contributed by atoms with E-state index in [0.717, 1.165) is 53.6 Å². The zero-order valence-corrected chi connectivity index (χ0v) is 18.3. The van der Waals surface area contributed by atoms with E-state index in [-0.39, 0.29) is 17.4 Å². The summed E-state index contributed by atoms with van der Waals surface area (Å²) in [5.41, 5.74) is 11.7. The molecule has 1 aromatic carbocycles. The fourth-order valence-corrected chi connectivity index (χ4v) is 5.92. The largest absolute Gasteiger partial charge is 0.393 e. The van der Waals surface area contributed by atoms with Gasteiger partial charge in [-0.2, -0.15) is 0 Å². The Kier molecular flexibility index (Phi) is 4.53. The van der Waals surface area contributed by atoms with E-state index in [1.165, 1.54) is 5.56 Å². The fourth-order valence-electron chi connectivity index (χ4n) is 5.92. The van der Waals surface area contributed by atoms with Crippen LogP contribution in [0.25, 0.3) is 11.1 Å². The third-order valence-electron chi connectivity index (χ3n) is 7.59. The lowest BCUT2D eigenvalue weighted by atomic mass is 9.61. The van der Waals surface area contributed by atoms with Gasteiger partial charge in [0.15, 0.2) is 5.66 Å². The van der Waals surface area contributed by atoms with Gasteiger partial charge in [0.25, 0.3) is 0 Å². The number of fused-ring (bicyclic) bond motifs is 3. The third-order valence-corrected chi connectivity index (χ3v) is 7.59. The number of aliphatic hydroxyl groups is 1. The smallest absolute Gasteiger partial charge is 0.184 e. The van der Waals surface area contributed by atoms with Gasteiger partial charge in [0.1, 0.15) is 5.84 Å². The Bertz CT molecular complexity index is 1160. The highest BCUT2D eigenvalue weighted by Gasteiger charge is 2.64. The van der Waals surface area contributed by atoms with E-state index >= 15 is 0 Å². The Balaban J connectivity index is 1.70. The summed E-state index contributed by atoms with van der Waals surface area (Å²) in [5, 5.41) is 10.2. The molecule has 1 aliphatic heterocycles. The normalized spacial score (nSPS) is 31.2. The number of hydrogen-bond acceptors (Lipinski definition) is 5. The summed E-state index contributed by atoms with van der Waals surface area (Å²) in [7, 11) is 0. The number of pyridine rings is 1. The monoisotopic (exact) mass is 412 g/mol. The quantitative estimate of drug-likeness (QED) is 0.691. The Morgan fingerprint density at radius 2 is 1.87 bits per heavy atom. The van der Waals surface area contributed by atoms with Crippen LogP contribution >= 0.6 is 0 Å². The second kappa shape index (κ2) is 7.03. The molecule has 0 radical (unpaired) electrons. The van der Waals surface area contributed by atoms with Gasteiger partial charge in [0, 0.05) is 34.5 Å². The van der Waals surface area contributed by atoms with Crippen molar-refractivity contribution in [3.63, 3.8) is 0 Å². The fraction of sp³-hybridized carbons (Fsp3) is 0.423. The molecule has 158 valence electrons. The molecule has 5 heteroatoms. The first-order valence-electron chi connectivity index (χ1n) is 11.0. The number of nitrogens with two attached hydrogens (primary N) is 1. The van der Waals surface area contributed by atoms with Gasteiger partial charge in [-0.15, -0.1) is 5.92 Å². The molecule has 31 heavy (non-hydrogen) atoms. The van der Waals surface area contributed by atoms with Crippen LogP contribution in [0.2, 0.25) is 0 Å². The van der Waals surface area contributed by atoms with Gasteiger partial charge in [0.2, 0.25) is 0 Å². The van der Waals surface area contributed by atoms with Gasteiger partial charge in [-0.05, 0) is 68.7 Å². The van der Waals surface area contributed by atoms with Crippen LogP contribution in [0.3, 0.4) is 0 Å². The van der Waals surface area contributed by atoms with E-state index in [9.17, 15) is 5.11 Å². The van der Waals surface area contributed by atoms with Gasteiger partial charge in [-0.25, -0.2) is 4.99 Å². The molecular formula is C26H28N4O. The third kappa shape index (κ3) is 2.78. The highest BCUT2D eigenvalue weighted by atomic mass is 16.3. The average Bonchev–Trinajstić information content (AvgIpc) is 3.17. The molecule has 3 aliphatic rings. The maximum absolute atomic E-state index is 10.2. The summed E-state index contributed by atoms with van der Waals surface area (Å²) in [4.78, 5) is 14.6. The number of aliphatic hydroxyl groups excluding tert-OH is 1. The first-order valence-corrected chi connectivity index (χ1v) is 11.0. The zero-order valence-electron chi connectivity index (χ0n) is 18.3. The molecule has 2 aromatic rings. The second-order valence-electron chi connectivity index (χ2n) is 9.11. The molecule has 2 heterocycles. The highest BCUT2D eigenvalue weighted by Crippen LogP contribution is 2.67. The van der Waals surface area contributed by atoms with Gasteiger partial charge in [-0.1, -0.05) is 25.0 Å². The van der Waals surface area contributed by atoms with Crippen LogP contribution in [-0.4, -0.2) is 27.7 Å². The molecule has 2 aliphatic carbocycles. The van der Waals surface area contributed by atoms with Crippen molar-refractivity contribution in [2.75, 3.05) is 0 Å². The zero-order chi connectivity index (χ0) is 21.8. The minimum absolute atomic E-state index is 0.163. The van der Waals surface area contributed by atoms with Crippen LogP contribution < -0.4 is 5.73 Å². The van der Waals surface area contributed by atoms with E-state index in [1.807, 2.05) is 20.0 Å². The van der Waals surface area contributed by atoms with Gasteiger partial charge in [-0.3, -0.25) is 9.98 Å². The summed E-state index contributed by atoms with van der Waals surface area (Å²) >= 11 is 0.